The van der Waals surface area contributed by atoms with Crippen molar-refractivity contribution in [3.63, 3.8) is 0 Å². The lowest BCUT2D eigenvalue weighted by Gasteiger charge is -2.02. The Morgan fingerprint density at radius 2 is 1.86 bits per heavy atom. The van der Waals surface area contributed by atoms with Gasteiger partial charge in [0.05, 0.1) is 0 Å². The number of nitrogens with zero attached hydrogens (tertiary/aromatic N) is 1. The molecule has 2 aromatic carbocycles. The van der Waals surface area contributed by atoms with Crippen LogP contribution in [0, 0.1) is 0 Å². The molecule has 2 N–H and O–H groups in total. The summed E-state index contributed by atoms with van der Waals surface area (Å²) in [5, 5.41) is 20.9. The maximum atomic E-state index is 9.38. The second kappa shape index (κ2) is 5.21. The van der Waals surface area contributed by atoms with Crippen molar-refractivity contribution in [2.24, 2.45) is 0 Å². The molecule has 3 nitrogen and oxygen atoms in total. The van der Waals surface area contributed by atoms with Gasteiger partial charge in [-0.1, -0.05) is 36.4 Å². The van der Waals surface area contributed by atoms with Crippen LogP contribution in [0.2, 0.25) is 0 Å². The fraction of sp³-hybridized carbons (Fsp3) is 0. The molecule has 0 saturated heterocycles. The summed E-state index contributed by atoms with van der Waals surface area (Å²) in [5.74, 6) is 0. The summed E-state index contributed by atoms with van der Waals surface area (Å²) in [4.78, 5) is 4.20. The van der Waals surface area contributed by atoms with Gasteiger partial charge in [0.2, 0.25) is 0 Å². The van der Waals surface area contributed by atoms with Crippen molar-refractivity contribution in [1.29, 1.82) is 0 Å². The Balaban J connectivity index is 2.04. The molecule has 5 heteroatoms. The molecule has 0 amide bonds. The van der Waals surface area contributed by atoms with Crippen molar-refractivity contribution >= 4 is 44.1 Å². The van der Waals surface area contributed by atoms with Crippen LogP contribution in [0.1, 0.15) is 0 Å². The maximum Gasteiger partial charge on any atom is 0.488 e. The average molecular weight is 305 g/mol. The smallest absolute Gasteiger partial charge is 0.423 e. The molecule has 0 radical (unpaired) electrons. The van der Waals surface area contributed by atoms with E-state index in [9.17, 15) is 10.0 Å². The van der Waals surface area contributed by atoms with E-state index >= 15 is 0 Å². The molecule has 0 bridgehead atoms. The summed E-state index contributed by atoms with van der Waals surface area (Å²) in [6.07, 6.45) is 3.63. The van der Waals surface area contributed by atoms with Crippen LogP contribution in [-0.4, -0.2) is 22.2 Å². The zero-order valence-corrected chi connectivity index (χ0v) is 12.4. The monoisotopic (exact) mass is 305 g/mol. The highest BCUT2D eigenvalue weighted by molar-refractivity contribution is 7.26. The predicted octanol–water partition coefficient (Wildman–Crippen LogP) is 2.80. The first-order valence-electron chi connectivity index (χ1n) is 6.96. The summed E-state index contributed by atoms with van der Waals surface area (Å²) < 4.78 is 2.32. The summed E-state index contributed by atoms with van der Waals surface area (Å²) >= 11 is 1.71. The molecule has 0 aliphatic carbocycles. The van der Waals surface area contributed by atoms with E-state index in [1.165, 1.54) is 4.70 Å². The van der Waals surface area contributed by atoms with Gasteiger partial charge in [-0.2, -0.15) is 0 Å². The third-order valence-electron chi connectivity index (χ3n) is 3.79. The predicted molar refractivity (Wildman–Crippen MR) is 92.4 cm³/mol. The largest absolute Gasteiger partial charge is 0.488 e. The number of pyridine rings is 1. The molecule has 106 valence electrons. The number of aromatic nitrogens is 1. The number of hydrogen-bond acceptors (Lipinski definition) is 4. The minimum absolute atomic E-state index is 0.513. The molecule has 0 atom stereocenters. The number of thiophene rings is 1. The minimum Gasteiger partial charge on any atom is -0.423 e. The molecule has 4 rings (SSSR count). The molecular weight excluding hydrogens is 293 g/mol. The highest BCUT2D eigenvalue weighted by Crippen LogP contribution is 2.39. The Labute approximate surface area is 131 Å². The normalized spacial score (nSPS) is 11.2. The fourth-order valence-corrected chi connectivity index (χ4v) is 3.94. The Kier molecular flexibility index (Phi) is 3.19. The van der Waals surface area contributed by atoms with E-state index in [4.69, 9.17) is 0 Å². The third-order valence-corrected chi connectivity index (χ3v) is 5.01. The molecule has 0 fully saturated rings. The minimum atomic E-state index is -1.44. The first kappa shape index (κ1) is 13.5. The van der Waals surface area contributed by atoms with Gasteiger partial charge in [0.1, 0.15) is 0 Å². The van der Waals surface area contributed by atoms with Crippen LogP contribution in [0.15, 0.2) is 60.9 Å². The standard InChI is InChI=1S/C17H12BNO2S/c20-18(21)12-6-7-16-15(9-12)14-5-1-4-13(17(14)22-16)11-3-2-8-19-10-11/h1-10,20-21H. The molecule has 22 heavy (non-hydrogen) atoms. The molecule has 0 saturated carbocycles. The van der Waals surface area contributed by atoms with E-state index in [1.54, 1.807) is 23.6 Å². The van der Waals surface area contributed by atoms with Gasteiger partial charge in [0.25, 0.3) is 0 Å². The zero-order valence-electron chi connectivity index (χ0n) is 11.6. The molecule has 0 spiro atoms. The van der Waals surface area contributed by atoms with Crippen molar-refractivity contribution in [3.05, 3.63) is 60.9 Å². The van der Waals surface area contributed by atoms with Crippen molar-refractivity contribution < 1.29 is 10.0 Å². The van der Waals surface area contributed by atoms with Gasteiger partial charge in [-0.15, -0.1) is 11.3 Å². The Morgan fingerprint density at radius 3 is 2.64 bits per heavy atom. The Morgan fingerprint density at radius 1 is 0.955 bits per heavy atom. The molecule has 0 aliphatic heterocycles. The summed E-state index contributed by atoms with van der Waals surface area (Å²) in [6, 6.07) is 15.7. The molecule has 0 unspecified atom stereocenters. The highest BCUT2D eigenvalue weighted by Gasteiger charge is 2.15. The third kappa shape index (κ3) is 2.11. The fourth-order valence-electron chi connectivity index (χ4n) is 2.73. The number of hydrogen-bond donors (Lipinski definition) is 2. The second-order valence-corrected chi connectivity index (χ2v) is 6.21. The van der Waals surface area contributed by atoms with Gasteiger partial charge in [-0.3, -0.25) is 4.98 Å². The van der Waals surface area contributed by atoms with Gasteiger partial charge < -0.3 is 10.0 Å². The molecule has 4 aromatic rings. The first-order valence-corrected chi connectivity index (χ1v) is 7.77. The highest BCUT2D eigenvalue weighted by atomic mass is 32.1. The maximum absolute atomic E-state index is 9.38. The van der Waals surface area contributed by atoms with Crippen LogP contribution in [0.5, 0.6) is 0 Å². The van der Waals surface area contributed by atoms with Gasteiger partial charge in [0, 0.05) is 38.3 Å². The van der Waals surface area contributed by atoms with Gasteiger partial charge in [-0.25, -0.2) is 0 Å². The second-order valence-electron chi connectivity index (χ2n) is 5.16. The number of benzene rings is 2. The Bertz CT molecular complexity index is 966. The topological polar surface area (TPSA) is 53.4 Å². The van der Waals surface area contributed by atoms with Crippen molar-refractivity contribution in [2.45, 2.75) is 0 Å². The number of rotatable bonds is 2. The summed E-state index contributed by atoms with van der Waals surface area (Å²) in [7, 11) is -1.44. The van der Waals surface area contributed by atoms with Crippen molar-refractivity contribution in [1.82, 2.24) is 4.98 Å². The van der Waals surface area contributed by atoms with Crippen molar-refractivity contribution in [3.8, 4) is 11.1 Å². The van der Waals surface area contributed by atoms with Crippen LogP contribution in [0.4, 0.5) is 0 Å². The van der Waals surface area contributed by atoms with Gasteiger partial charge in [0.15, 0.2) is 0 Å². The van der Waals surface area contributed by atoms with E-state index in [1.807, 2.05) is 30.5 Å². The quantitative estimate of drug-likeness (QED) is 0.560. The van der Waals surface area contributed by atoms with E-state index in [-0.39, 0.29) is 0 Å². The lowest BCUT2D eigenvalue weighted by Crippen LogP contribution is -2.29. The molecule has 2 aromatic heterocycles. The average Bonchev–Trinajstić information content (AvgIpc) is 2.93. The zero-order chi connectivity index (χ0) is 15.1. The van der Waals surface area contributed by atoms with Crippen LogP contribution < -0.4 is 5.46 Å². The molecule has 0 aliphatic rings. The molecular formula is C17H12BNO2S. The van der Waals surface area contributed by atoms with Gasteiger partial charge in [-0.05, 0) is 23.0 Å². The van der Waals surface area contributed by atoms with E-state index in [0.29, 0.717) is 5.46 Å². The van der Waals surface area contributed by atoms with E-state index in [0.717, 1.165) is 26.6 Å². The first-order chi connectivity index (χ1) is 10.7. The van der Waals surface area contributed by atoms with E-state index < -0.39 is 7.12 Å². The summed E-state index contributed by atoms with van der Waals surface area (Å²) in [5.41, 5.74) is 2.75. The SMILES string of the molecule is OB(O)c1ccc2sc3c(-c4cccnc4)cccc3c2c1. The summed E-state index contributed by atoms with van der Waals surface area (Å²) in [6.45, 7) is 0. The van der Waals surface area contributed by atoms with Crippen LogP contribution >= 0.6 is 11.3 Å². The van der Waals surface area contributed by atoms with E-state index in [2.05, 4.69) is 23.2 Å². The van der Waals surface area contributed by atoms with Crippen LogP contribution in [-0.2, 0) is 0 Å². The molecule has 2 heterocycles. The van der Waals surface area contributed by atoms with Gasteiger partial charge >= 0.3 is 7.12 Å². The van der Waals surface area contributed by atoms with Crippen LogP contribution in [0.25, 0.3) is 31.3 Å². The lowest BCUT2D eigenvalue weighted by molar-refractivity contribution is 0.426. The van der Waals surface area contributed by atoms with Crippen molar-refractivity contribution in [2.75, 3.05) is 0 Å². The number of fused-ring (bicyclic) bond motifs is 3. The Hall–Kier alpha value is -2.21. The van der Waals surface area contributed by atoms with Crippen LogP contribution in [0.3, 0.4) is 0 Å². The lowest BCUT2D eigenvalue weighted by atomic mass is 9.80.